The van der Waals surface area contributed by atoms with Crippen LogP contribution in [0.15, 0.2) is 16.7 Å². The van der Waals surface area contributed by atoms with E-state index in [9.17, 15) is 9.90 Å². The average molecular weight is 263 g/mol. The number of aliphatic hydroxyl groups excluding tert-OH is 1. The summed E-state index contributed by atoms with van der Waals surface area (Å²) in [5, 5.41) is 9.76. The summed E-state index contributed by atoms with van der Waals surface area (Å²) in [7, 11) is 0. The van der Waals surface area contributed by atoms with Gasteiger partial charge in [0, 0.05) is 23.1 Å². The topological polar surface area (TPSA) is 53.7 Å². The third kappa shape index (κ3) is 1.66. The lowest BCUT2D eigenvalue weighted by Gasteiger charge is -2.34. The number of carbonyl (C=O) groups excluding carboxylic acids is 1. The third-order valence-electron chi connectivity index (χ3n) is 5.16. The second-order valence-electron chi connectivity index (χ2n) is 5.97. The summed E-state index contributed by atoms with van der Waals surface area (Å²) in [6.07, 6.45) is 5.48. The number of hydrogen-bond donors (Lipinski definition) is 1. The molecule has 2 aliphatic rings. The molecule has 2 bridgehead atoms. The fourth-order valence-electron chi connectivity index (χ4n) is 3.97. The van der Waals surface area contributed by atoms with Crippen LogP contribution in [0.2, 0.25) is 0 Å². The summed E-state index contributed by atoms with van der Waals surface area (Å²) in [5.74, 6) is 0.459. The lowest BCUT2D eigenvalue weighted by molar-refractivity contribution is 0.0533. The fourth-order valence-corrected chi connectivity index (χ4v) is 3.97. The van der Waals surface area contributed by atoms with Crippen molar-refractivity contribution in [3.63, 3.8) is 0 Å². The number of amides is 1. The molecule has 0 aliphatic carbocycles. The quantitative estimate of drug-likeness (QED) is 0.910. The highest BCUT2D eigenvalue weighted by Crippen LogP contribution is 2.51. The first-order valence-corrected chi connectivity index (χ1v) is 7.10. The summed E-state index contributed by atoms with van der Waals surface area (Å²) < 4.78 is 5.34. The first-order chi connectivity index (χ1) is 9.13. The summed E-state index contributed by atoms with van der Waals surface area (Å²) in [4.78, 5) is 14.6. The second kappa shape index (κ2) is 4.37. The van der Waals surface area contributed by atoms with Crippen molar-refractivity contribution in [2.75, 3.05) is 6.61 Å². The van der Waals surface area contributed by atoms with Crippen LogP contribution < -0.4 is 0 Å². The minimum atomic E-state index is -0.0981. The molecule has 1 amide bonds. The molecule has 0 spiro atoms. The molecule has 3 rings (SSSR count). The Labute approximate surface area is 113 Å². The SMILES string of the molecule is CC[C@@]1(CO)C[C@@H]2CC[C@H]1N2C(=O)c1occc1C. The van der Waals surface area contributed by atoms with Crippen molar-refractivity contribution in [2.45, 2.75) is 51.6 Å². The Bertz CT molecular complexity index is 489. The molecule has 0 saturated carbocycles. The molecule has 1 aromatic heterocycles. The Morgan fingerprint density at radius 2 is 2.37 bits per heavy atom. The first-order valence-electron chi connectivity index (χ1n) is 7.10. The summed E-state index contributed by atoms with van der Waals surface area (Å²) in [6.45, 7) is 4.18. The monoisotopic (exact) mass is 263 g/mol. The Hall–Kier alpha value is -1.29. The molecule has 2 saturated heterocycles. The van der Waals surface area contributed by atoms with E-state index < -0.39 is 0 Å². The lowest BCUT2D eigenvalue weighted by atomic mass is 9.72. The highest BCUT2D eigenvalue weighted by Gasteiger charge is 2.56. The van der Waals surface area contributed by atoms with Crippen molar-refractivity contribution in [2.24, 2.45) is 5.41 Å². The van der Waals surface area contributed by atoms with Gasteiger partial charge >= 0.3 is 0 Å². The molecule has 0 unspecified atom stereocenters. The molecule has 4 heteroatoms. The predicted octanol–water partition coefficient (Wildman–Crippen LogP) is 2.35. The summed E-state index contributed by atoms with van der Waals surface area (Å²) in [6, 6.07) is 2.27. The fraction of sp³-hybridized carbons (Fsp3) is 0.667. The van der Waals surface area contributed by atoms with Gasteiger partial charge in [0.15, 0.2) is 5.76 Å². The number of hydrogen-bond acceptors (Lipinski definition) is 3. The van der Waals surface area contributed by atoms with Crippen LogP contribution in [-0.2, 0) is 0 Å². The lowest BCUT2D eigenvalue weighted by Crippen LogP contribution is -2.42. The van der Waals surface area contributed by atoms with E-state index in [4.69, 9.17) is 4.42 Å². The van der Waals surface area contributed by atoms with Crippen LogP contribution in [0.25, 0.3) is 0 Å². The van der Waals surface area contributed by atoms with Crippen LogP contribution in [0.3, 0.4) is 0 Å². The van der Waals surface area contributed by atoms with Gasteiger partial charge < -0.3 is 14.4 Å². The molecule has 0 radical (unpaired) electrons. The van der Waals surface area contributed by atoms with Gasteiger partial charge in [-0.3, -0.25) is 4.79 Å². The minimum Gasteiger partial charge on any atom is -0.459 e. The molecule has 1 aromatic rings. The molecule has 3 atom stereocenters. The normalized spacial score (nSPS) is 33.1. The molecular weight excluding hydrogens is 242 g/mol. The largest absolute Gasteiger partial charge is 0.459 e. The number of furan rings is 1. The van der Waals surface area contributed by atoms with Crippen LogP contribution in [0.5, 0.6) is 0 Å². The van der Waals surface area contributed by atoms with Crippen molar-refractivity contribution in [1.82, 2.24) is 4.90 Å². The van der Waals surface area contributed by atoms with E-state index in [0.717, 1.165) is 31.2 Å². The Morgan fingerprint density at radius 3 is 2.89 bits per heavy atom. The zero-order valence-corrected chi connectivity index (χ0v) is 11.6. The van der Waals surface area contributed by atoms with E-state index in [-0.39, 0.29) is 30.0 Å². The number of rotatable bonds is 3. The molecule has 2 fully saturated rings. The van der Waals surface area contributed by atoms with Gasteiger partial charge in [0.25, 0.3) is 5.91 Å². The average Bonchev–Trinajstić information content (AvgIpc) is 3.10. The van der Waals surface area contributed by atoms with Gasteiger partial charge in [-0.15, -0.1) is 0 Å². The van der Waals surface area contributed by atoms with Gasteiger partial charge in [0.2, 0.25) is 0 Å². The maximum Gasteiger partial charge on any atom is 0.290 e. The number of aryl methyl sites for hydroxylation is 1. The van der Waals surface area contributed by atoms with Crippen molar-refractivity contribution < 1.29 is 14.3 Å². The van der Waals surface area contributed by atoms with Crippen LogP contribution in [0.4, 0.5) is 0 Å². The number of carbonyl (C=O) groups is 1. The Morgan fingerprint density at radius 1 is 1.58 bits per heavy atom. The molecule has 2 aliphatic heterocycles. The summed E-state index contributed by atoms with van der Waals surface area (Å²) >= 11 is 0. The summed E-state index contributed by atoms with van der Waals surface area (Å²) in [5.41, 5.74) is 0.793. The van der Waals surface area contributed by atoms with Crippen LogP contribution in [-0.4, -0.2) is 34.6 Å². The number of fused-ring (bicyclic) bond motifs is 2. The molecule has 104 valence electrons. The zero-order chi connectivity index (χ0) is 13.6. The Kier molecular flexibility index (Phi) is 2.93. The third-order valence-corrected chi connectivity index (χ3v) is 5.16. The standard InChI is InChI=1S/C15H21NO3/c1-3-15(9-17)8-11-4-5-12(15)16(11)14(18)13-10(2)6-7-19-13/h6-7,11-12,17H,3-5,8-9H2,1-2H3/t11-,12+,15-/m0/s1. The van der Waals surface area contributed by atoms with E-state index >= 15 is 0 Å². The number of nitrogens with zero attached hydrogens (tertiary/aromatic N) is 1. The molecule has 1 N–H and O–H groups in total. The van der Waals surface area contributed by atoms with E-state index in [1.54, 1.807) is 6.26 Å². The van der Waals surface area contributed by atoms with Crippen molar-refractivity contribution in [3.8, 4) is 0 Å². The first kappa shape index (κ1) is 12.7. The van der Waals surface area contributed by atoms with Crippen molar-refractivity contribution in [1.29, 1.82) is 0 Å². The highest BCUT2D eigenvalue weighted by atomic mass is 16.3. The van der Waals surface area contributed by atoms with Crippen LogP contribution >= 0.6 is 0 Å². The van der Waals surface area contributed by atoms with Crippen LogP contribution in [0.1, 0.15) is 48.7 Å². The molecule has 4 nitrogen and oxygen atoms in total. The van der Waals surface area contributed by atoms with E-state index in [2.05, 4.69) is 6.92 Å². The van der Waals surface area contributed by atoms with Gasteiger partial charge in [-0.2, -0.15) is 0 Å². The maximum atomic E-state index is 12.7. The van der Waals surface area contributed by atoms with Crippen LogP contribution in [0, 0.1) is 12.3 Å². The van der Waals surface area contributed by atoms with Gasteiger partial charge in [0.05, 0.1) is 12.9 Å². The minimum absolute atomic E-state index is 0.00113. The van der Waals surface area contributed by atoms with Crippen molar-refractivity contribution in [3.05, 3.63) is 23.7 Å². The molecule has 0 aromatic carbocycles. The highest BCUT2D eigenvalue weighted by molar-refractivity contribution is 5.93. The van der Waals surface area contributed by atoms with Gasteiger partial charge in [-0.1, -0.05) is 6.92 Å². The molecule has 3 heterocycles. The van der Waals surface area contributed by atoms with E-state index in [1.165, 1.54) is 0 Å². The van der Waals surface area contributed by atoms with Crippen molar-refractivity contribution >= 4 is 5.91 Å². The van der Waals surface area contributed by atoms with Gasteiger partial charge in [-0.05, 0) is 38.7 Å². The second-order valence-corrected chi connectivity index (χ2v) is 5.97. The number of aliphatic hydroxyl groups is 1. The Balaban J connectivity index is 1.91. The maximum absolute atomic E-state index is 12.7. The zero-order valence-electron chi connectivity index (χ0n) is 11.6. The predicted molar refractivity (Wildman–Crippen MR) is 70.9 cm³/mol. The van der Waals surface area contributed by atoms with Gasteiger partial charge in [-0.25, -0.2) is 0 Å². The van der Waals surface area contributed by atoms with Gasteiger partial charge in [0.1, 0.15) is 0 Å². The molecular formula is C15H21NO3. The molecule has 19 heavy (non-hydrogen) atoms. The van der Waals surface area contributed by atoms with E-state index in [1.807, 2.05) is 17.9 Å². The smallest absolute Gasteiger partial charge is 0.290 e. The van der Waals surface area contributed by atoms with E-state index in [0.29, 0.717) is 5.76 Å².